The van der Waals surface area contributed by atoms with E-state index in [1.807, 2.05) is 42.5 Å². The summed E-state index contributed by atoms with van der Waals surface area (Å²) in [6.07, 6.45) is -0.0812. The van der Waals surface area contributed by atoms with Crippen molar-refractivity contribution in [3.63, 3.8) is 0 Å². The summed E-state index contributed by atoms with van der Waals surface area (Å²) in [6, 6.07) is 20.7. The molecule has 2 amide bonds. The summed E-state index contributed by atoms with van der Waals surface area (Å²) in [5, 5.41) is 3.65. The van der Waals surface area contributed by atoms with Crippen LogP contribution in [0.5, 0.6) is 11.5 Å². The second-order valence-electron chi connectivity index (χ2n) is 7.89. The lowest BCUT2D eigenvalue weighted by Gasteiger charge is -2.24. The predicted octanol–water partition coefficient (Wildman–Crippen LogP) is 4.89. The number of thiocarbonyl (C=S) groups is 1. The maximum atomic E-state index is 13.5. The molecule has 1 N–H and O–H groups in total. The Labute approximate surface area is 214 Å². The minimum absolute atomic E-state index is 0.0812. The maximum absolute atomic E-state index is 13.5. The van der Waals surface area contributed by atoms with Crippen LogP contribution >= 0.6 is 23.8 Å². The van der Waals surface area contributed by atoms with E-state index in [0.29, 0.717) is 39.6 Å². The molecule has 0 aromatic heterocycles. The van der Waals surface area contributed by atoms with Crippen molar-refractivity contribution in [2.24, 2.45) is 0 Å². The predicted molar refractivity (Wildman–Crippen MR) is 140 cm³/mol. The zero-order valence-corrected chi connectivity index (χ0v) is 20.8. The van der Waals surface area contributed by atoms with Crippen LogP contribution in [0.3, 0.4) is 0 Å². The van der Waals surface area contributed by atoms with Crippen molar-refractivity contribution in [3.8, 4) is 11.5 Å². The molecule has 4 rings (SSSR count). The van der Waals surface area contributed by atoms with Gasteiger partial charge in [0, 0.05) is 17.3 Å². The third-order valence-electron chi connectivity index (χ3n) is 5.62. The Kier molecular flexibility index (Phi) is 7.53. The molecule has 9 heteroatoms. The molecule has 3 aromatic rings. The Morgan fingerprint density at radius 2 is 1.74 bits per heavy atom. The van der Waals surface area contributed by atoms with E-state index in [2.05, 4.69) is 5.32 Å². The highest BCUT2D eigenvalue weighted by Gasteiger charge is 2.44. The quantitative estimate of drug-likeness (QED) is 0.436. The Morgan fingerprint density at radius 1 is 1.00 bits per heavy atom. The second kappa shape index (κ2) is 10.8. The summed E-state index contributed by atoms with van der Waals surface area (Å²) >= 11 is 11.8. The maximum Gasteiger partial charge on any atom is 0.256 e. The molecule has 1 saturated heterocycles. The van der Waals surface area contributed by atoms with E-state index < -0.39 is 6.04 Å². The van der Waals surface area contributed by atoms with Crippen molar-refractivity contribution in [2.75, 3.05) is 24.4 Å². The lowest BCUT2D eigenvalue weighted by Crippen LogP contribution is -2.37. The highest BCUT2D eigenvalue weighted by molar-refractivity contribution is 7.80. The number of halogens is 1. The summed E-state index contributed by atoms with van der Waals surface area (Å²) in [5.41, 5.74) is 2.06. The Bertz CT molecular complexity index is 1250. The molecule has 0 saturated carbocycles. The van der Waals surface area contributed by atoms with E-state index in [4.69, 9.17) is 33.3 Å². The Balaban J connectivity index is 1.62. The van der Waals surface area contributed by atoms with E-state index in [1.54, 1.807) is 49.5 Å². The summed E-state index contributed by atoms with van der Waals surface area (Å²) in [6.45, 7) is 0.309. The van der Waals surface area contributed by atoms with E-state index in [1.165, 1.54) is 4.90 Å². The molecule has 180 valence electrons. The summed E-state index contributed by atoms with van der Waals surface area (Å²) in [7, 11) is 3.13. The first kappa shape index (κ1) is 24.5. The number of methoxy groups -OCH3 is 2. The molecule has 0 aliphatic carbocycles. The summed E-state index contributed by atoms with van der Waals surface area (Å²) < 4.78 is 10.7. The van der Waals surface area contributed by atoms with Crippen LogP contribution in [-0.2, 0) is 16.1 Å². The van der Waals surface area contributed by atoms with E-state index in [-0.39, 0.29) is 18.2 Å². The number of para-hydroxylation sites is 1. The van der Waals surface area contributed by atoms with Gasteiger partial charge >= 0.3 is 0 Å². The van der Waals surface area contributed by atoms with E-state index in [9.17, 15) is 9.59 Å². The largest absolute Gasteiger partial charge is 0.493 e. The van der Waals surface area contributed by atoms with Crippen molar-refractivity contribution in [1.82, 2.24) is 4.90 Å². The van der Waals surface area contributed by atoms with Crippen molar-refractivity contribution < 1.29 is 19.1 Å². The van der Waals surface area contributed by atoms with Crippen molar-refractivity contribution in [1.29, 1.82) is 0 Å². The SMILES string of the molecule is COc1ccc(CN2C(=S)N(c3ccccc3)C(=O)C2CC(=O)Nc2cccc(Cl)c2)cc1OC. The fourth-order valence-corrected chi connectivity index (χ4v) is 4.54. The zero-order valence-electron chi connectivity index (χ0n) is 19.2. The smallest absolute Gasteiger partial charge is 0.256 e. The third kappa shape index (κ3) is 5.39. The third-order valence-corrected chi connectivity index (χ3v) is 6.27. The van der Waals surface area contributed by atoms with E-state index in [0.717, 1.165) is 5.56 Å². The molecule has 0 bridgehead atoms. The van der Waals surface area contributed by atoms with Gasteiger partial charge in [-0.3, -0.25) is 14.5 Å². The molecular formula is C26H24ClN3O4S. The molecule has 3 aromatic carbocycles. The van der Waals surface area contributed by atoms with Crippen molar-refractivity contribution >= 4 is 52.1 Å². The molecule has 1 aliphatic heterocycles. The van der Waals surface area contributed by atoms with E-state index >= 15 is 0 Å². The van der Waals surface area contributed by atoms with Crippen LogP contribution in [0, 0.1) is 0 Å². The van der Waals surface area contributed by atoms with Gasteiger partial charge in [0.1, 0.15) is 6.04 Å². The highest BCUT2D eigenvalue weighted by atomic mass is 35.5. The fraction of sp³-hybridized carbons (Fsp3) is 0.192. The first-order valence-electron chi connectivity index (χ1n) is 10.9. The van der Waals surface area contributed by atoms with Gasteiger partial charge in [-0.05, 0) is 60.2 Å². The van der Waals surface area contributed by atoms with Gasteiger partial charge in [0.25, 0.3) is 5.91 Å². The first-order chi connectivity index (χ1) is 16.9. The summed E-state index contributed by atoms with van der Waals surface area (Å²) in [5.74, 6) is 0.583. The topological polar surface area (TPSA) is 71.1 Å². The van der Waals surface area contributed by atoms with Crippen molar-refractivity contribution in [3.05, 3.63) is 83.4 Å². The van der Waals surface area contributed by atoms with Gasteiger partial charge in [0.05, 0.1) is 26.3 Å². The lowest BCUT2D eigenvalue weighted by atomic mass is 10.1. The van der Waals surface area contributed by atoms with Crippen LogP contribution in [0.1, 0.15) is 12.0 Å². The van der Waals surface area contributed by atoms with Gasteiger partial charge in [0.15, 0.2) is 16.6 Å². The fourth-order valence-electron chi connectivity index (χ4n) is 3.96. The van der Waals surface area contributed by atoms with Gasteiger partial charge in [-0.1, -0.05) is 41.9 Å². The molecule has 7 nitrogen and oxygen atoms in total. The van der Waals surface area contributed by atoms with Gasteiger partial charge < -0.3 is 19.7 Å². The number of anilines is 2. The minimum atomic E-state index is -0.782. The Morgan fingerprint density at radius 3 is 2.43 bits per heavy atom. The van der Waals surface area contributed by atoms with Crippen LogP contribution < -0.4 is 19.7 Å². The number of carbonyl (C=O) groups is 2. The molecule has 1 heterocycles. The average Bonchev–Trinajstić information content (AvgIpc) is 3.08. The molecule has 0 radical (unpaired) electrons. The second-order valence-corrected chi connectivity index (χ2v) is 8.69. The number of hydrogen-bond donors (Lipinski definition) is 1. The van der Waals surface area contributed by atoms with Gasteiger partial charge in [-0.2, -0.15) is 0 Å². The molecule has 0 spiro atoms. The average molecular weight is 510 g/mol. The molecule has 1 unspecified atom stereocenters. The van der Waals surface area contributed by atoms with Crippen LogP contribution in [0.4, 0.5) is 11.4 Å². The van der Waals surface area contributed by atoms with Crippen molar-refractivity contribution in [2.45, 2.75) is 19.0 Å². The van der Waals surface area contributed by atoms with Crippen LogP contribution in [0.15, 0.2) is 72.8 Å². The number of ether oxygens (including phenoxy) is 2. The van der Waals surface area contributed by atoms with Crippen LogP contribution in [0.25, 0.3) is 0 Å². The molecule has 35 heavy (non-hydrogen) atoms. The molecule has 1 aliphatic rings. The number of amides is 2. The normalized spacial score (nSPS) is 15.3. The highest BCUT2D eigenvalue weighted by Crippen LogP contribution is 2.32. The monoisotopic (exact) mass is 509 g/mol. The first-order valence-corrected chi connectivity index (χ1v) is 11.7. The number of benzene rings is 3. The number of rotatable bonds is 8. The molecule has 1 fully saturated rings. The van der Waals surface area contributed by atoms with Crippen LogP contribution in [-0.4, -0.2) is 42.1 Å². The standard InChI is InChI=1S/C26H24ClN3O4S/c1-33-22-12-11-17(13-23(22)34-2)16-29-21(15-24(31)28-19-8-6-7-18(27)14-19)25(32)30(26(29)35)20-9-4-3-5-10-20/h3-14,21H,15-16H2,1-2H3,(H,28,31). The van der Waals surface area contributed by atoms with Gasteiger partial charge in [0.2, 0.25) is 5.91 Å². The van der Waals surface area contributed by atoms with Crippen LogP contribution in [0.2, 0.25) is 5.02 Å². The number of nitrogens with one attached hydrogen (secondary N) is 1. The Hall–Kier alpha value is -3.62. The zero-order chi connectivity index (χ0) is 24.9. The molecular weight excluding hydrogens is 486 g/mol. The van der Waals surface area contributed by atoms with Gasteiger partial charge in [-0.15, -0.1) is 0 Å². The number of carbonyl (C=O) groups excluding carboxylic acids is 2. The minimum Gasteiger partial charge on any atom is -0.493 e. The number of nitrogens with zero attached hydrogens (tertiary/aromatic N) is 2. The number of hydrogen-bond acceptors (Lipinski definition) is 5. The lowest BCUT2D eigenvalue weighted by molar-refractivity contribution is -0.124. The summed E-state index contributed by atoms with van der Waals surface area (Å²) in [4.78, 5) is 29.7. The van der Waals surface area contributed by atoms with Gasteiger partial charge in [-0.25, -0.2) is 0 Å². The molecule has 1 atom stereocenters.